The fourth-order valence-electron chi connectivity index (χ4n) is 2.80. The van der Waals surface area contributed by atoms with Crippen LogP contribution in [0.15, 0.2) is 54.6 Å². The number of carbonyl (C=O) groups is 1. The van der Waals surface area contributed by atoms with Crippen molar-refractivity contribution in [3.05, 3.63) is 65.2 Å². The number of benzene rings is 3. The van der Waals surface area contributed by atoms with Gasteiger partial charge in [-0.2, -0.15) is 13.2 Å². The maximum Gasteiger partial charge on any atom is 0.416 e. The predicted molar refractivity (Wildman–Crippen MR) is 112 cm³/mol. The Hall–Kier alpha value is -2.93. The molecule has 0 aromatic heterocycles. The molecule has 0 N–H and O–H groups in total. The molecule has 0 bridgehead atoms. The van der Waals surface area contributed by atoms with E-state index in [9.17, 15) is 18.0 Å². The molecule has 0 heterocycles. The number of alkyl halides is 3. The normalized spacial score (nSPS) is 12.5. The molecule has 1 unspecified atom stereocenters. The number of carbonyl (C=O) groups excluding carboxylic acids is 1. The molecule has 0 aliphatic rings. The van der Waals surface area contributed by atoms with Gasteiger partial charge in [0.05, 0.1) is 17.2 Å². The smallest absolute Gasteiger partial charge is 0.416 e. The SMILES string of the molecule is CCCOC(=O)C(C)Oc1ccc2ccc(Oc3ccc(C(F)(F)F)cc3Cl)cc2c1. The molecule has 31 heavy (non-hydrogen) atoms. The monoisotopic (exact) mass is 452 g/mol. The van der Waals surface area contributed by atoms with Crippen LogP contribution >= 0.6 is 11.6 Å². The minimum Gasteiger partial charge on any atom is -0.479 e. The van der Waals surface area contributed by atoms with Crippen LogP contribution in [0.2, 0.25) is 5.02 Å². The summed E-state index contributed by atoms with van der Waals surface area (Å²) in [4.78, 5) is 11.9. The van der Waals surface area contributed by atoms with Gasteiger partial charge in [0.25, 0.3) is 0 Å². The molecule has 3 rings (SSSR count). The van der Waals surface area contributed by atoms with Crippen molar-refractivity contribution < 1.29 is 32.2 Å². The predicted octanol–water partition coefficient (Wildman–Crippen LogP) is 7.02. The van der Waals surface area contributed by atoms with E-state index >= 15 is 0 Å². The Morgan fingerprint density at radius 1 is 1.00 bits per heavy atom. The van der Waals surface area contributed by atoms with Crippen LogP contribution in [0.1, 0.15) is 25.8 Å². The molecule has 164 valence electrons. The first kappa shape index (κ1) is 22.7. The summed E-state index contributed by atoms with van der Waals surface area (Å²) in [5.74, 6) is 0.518. The van der Waals surface area contributed by atoms with Crippen molar-refractivity contribution >= 4 is 28.3 Å². The van der Waals surface area contributed by atoms with E-state index in [0.29, 0.717) is 18.1 Å². The lowest BCUT2D eigenvalue weighted by Gasteiger charge is -2.15. The molecule has 0 saturated heterocycles. The highest BCUT2D eigenvalue weighted by atomic mass is 35.5. The standard InChI is InChI=1S/C23H20ClF3O4/c1-3-10-29-22(28)14(2)30-18-7-4-15-5-8-19(12-16(15)11-18)31-21-9-6-17(13-20(21)24)23(25,26)27/h4-9,11-14H,3,10H2,1-2H3. The van der Waals surface area contributed by atoms with Crippen LogP contribution in [-0.2, 0) is 15.7 Å². The summed E-state index contributed by atoms with van der Waals surface area (Å²) in [5, 5.41) is 1.50. The van der Waals surface area contributed by atoms with E-state index in [0.717, 1.165) is 29.3 Å². The third-order valence-corrected chi connectivity index (χ3v) is 4.66. The number of fused-ring (bicyclic) bond motifs is 1. The molecular weight excluding hydrogens is 433 g/mol. The van der Waals surface area contributed by atoms with Gasteiger partial charge in [0, 0.05) is 0 Å². The number of ether oxygens (including phenoxy) is 3. The first-order chi connectivity index (χ1) is 14.7. The van der Waals surface area contributed by atoms with Crippen LogP contribution < -0.4 is 9.47 Å². The largest absolute Gasteiger partial charge is 0.479 e. The molecule has 0 radical (unpaired) electrons. The molecule has 0 aliphatic carbocycles. The van der Waals surface area contributed by atoms with Crippen LogP contribution in [-0.4, -0.2) is 18.7 Å². The zero-order valence-electron chi connectivity index (χ0n) is 16.8. The van der Waals surface area contributed by atoms with E-state index in [4.69, 9.17) is 25.8 Å². The van der Waals surface area contributed by atoms with Gasteiger partial charge in [0.1, 0.15) is 17.2 Å². The molecule has 0 spiro atoms. The van der Waals surface area contributed by atoms with E-state index < -0.39 is 23.8 Å². The Balaban J connectivity index is 1.78. The maximum atomic E-state index is 12.8. The van der Waals surface area contributed by atoms with Crippen molar-refractivity contribution in [2.45, 2.75) is 32.5 Å². The van der Waals surface area contributed by atoms with E-state index in [2.05, 4.69) is 0 Å². The Morgan fingerprint density at radius 2 is 1.68 bits per heavy atom. The molecule has 3 aromatic rings. The van der Waals surface area contributed by atoms with E-state index in [1.165, 1.54) is 6.07 Å². The fourth-order valence-corrected chi connectivity index (χ4v) is 3.02. The van der Waals surface area contributed by atoms with Gasteiger partial charge in [-0.1, -0.05) is 30.7 Å². The molecule has 0 aliphatic heterocycles. The molecule has 3 aromatic carbocycles. The second kappa shape index (κ2) is 9.47. The lowest BCUT2D eigenvalue weighted by Crippen LogP contribution is -2.26. The Labute approximate surface area is 182 Å². The van der Waals surface area contributed by atoms with Crippen LogP contribution in [0.3, 0.4) is 0 Å². The van der Waals surface area contributed by atoms with Crippen LogP contribution in [0.4, 0.5) is 13.2 Å². The van der Waals surface area contributed by atoms with Crippen molar-refractivity contribution in [1.29, 1.82) is 0 Å². The number of hydrogen-bond donors (Lipinski definition) is 0. The van der Waals surface area contributed by atoms with Crippen molar-refractivity contribution in [3.8, 4) is 17.2 Å². The highest BCUT2D eigenvalue weighted by Crippen LogP contribution is 2.37. The second-order valence-corrected chi connectivity index (χ2v) is 7.25. The molecule has 4 nitrogen and oxygen atoms in total. The Kier molecular flexibility index (Phi) is 6.95. The molecule has 0 saturated carbocycles. The average Bonchev–Trinajstić information content (AvgIpc) is 2.72. The minimum atomic E-state index is -4.48. The summed E-state index contributed by atoms with van der Waals surface area (Å²) in [6.07, 6.45) is -4.53. The third-order valence-electron chi connectivity index (χ3n) is 4.36. The fraction of sp³-hybridized carbons (Fsp3) is 0.261. The molecule has 0 fully saturated rings. The Bertz CT molecular complexity index is 1080. The molecule has 1 atom stereocenters. The van der Waals surface area contributed by atoms with Crippen molar-refractivity contribution in [2.75, 3.05) is 6.61 Å². The van der Waals surface area contributed by atoms with Gasteiger partial charge in [0.15, 0.2) is 6.10 Å². The van der Waals surface area contributed by atoms with Crippen molar-refractivity contribution in [2.24, 2.45) is 0 Å². The zero-order valence-corrected chi connectivity index (χ0v) is 17.6. The van der Waals surface area contributed by atoms with Crippen LogP contribution in [0.25, 0.3) is 10.8 Å². The summed E-state index contributed by atoms with van der Waals surface area (Å²) in [5.41, 5.74) is -0.850. The highest BCUT2D eigenvalue weighted by molar-refractivity contribution is 6.32. The number of rotatable bonds is 7. The van der Waals surface area contributed by atoms with Gasteiger partial charge in [-0.25, -0.2) is 4.79 Å². The molecular formula is C23H20ClF3O4. The highest BCUT2D eigenvalue weighted by Gasteiger charge is 2.31. The van der Waals surface area contributed by atoms with Crippen molar-refractivity contribution in [3.63, 3.8) is 0 Å². The molecule has 0 amide bonds. The van der Waals surface area contributed by atoms with Gasteiger partial charge in [-0.15, -0.1) is 0 Å². The summed E-state index contributed by atoms with van der Waals surface area (Å²) < 4.78 is 54.8. The number of hydrogen-bond acceptors (Lipinski definition) is 4. The van der Waals surface area contributed by atoms with Gasteiger partial charge in [-0.3, -0.25) is 0 Å². The zero-order chi connectivity index (χ0) is 22.6. The number of halogens is 4. The lowest BCUT2D eigenvalue weighted by atomic mass is 10.1. The van der Waals surface area contributed by atoms with Crippen molar-refractivity contribution in [1.82, 2.24) is 0 Å². The lowest BCUT2D eigenvalue weighted by molar-refractivity contribution is -0.151. The van der Waals surface area contributed by atoms with E-state index in [1.807, 2.05) is 13.0 Å². The second-order valence-electron chi connectivity index (χ2n) is 6.84. The van der Waals surface area contributed by atoms with Gasteiger partial charge < -0.3 is 14.2 Å². The van der Waals surface area contributed by atoms with Gasteiger partial charge >= 0.3 is 12.1 Å². The summed E-state index contributed by atoms with van der Waals surface area (Å²) >= 11 is 5.96. The molecule has 8 heteroatoms. The Morgan fingerprint density at radius 3 is 2.32 bits per heavy atom. The first-order valence-electron chi connectivity index (χ1n) is 9.59. The maximum absolute atomic E-state index is 12.8. The first-order valence-corrected chi connectivity index (χ1v) is 9.97. The minimum absolute atomic E-state index is 0.105. The average molecular weight is 453 g/mol. The summed E-state index contributed by atoms with van der Waals surface area (Å²) in [6, 6.07) is 13.4. The van der Waals surface area contributed by atoms with Gasteiger partial charge in [-0.05, 0) is 66.6 Å². The third kappa shape index (κ3) is 5.82. The van der Waals surface area contributed by atoms with E-state index in [-0.39, 0.29) is 10.8 Å². The van der Waals surface area contributed by atoms with E-state index in [1.54, 1.807) is 37.3 Å². The van der Waals surface area contributed by atoms with Crippen LogP contribution in [0.5, 0.6) is 17.2 Å². The van der Waals surface area contributed by atoms with Gasteiger partial charge in [0.2, 0.25) is 0 Å². The topological polar surface area (TPSA) is 44.8 Å². The summed E-state index contributed by atoms with van der Waals surface area (Å²) in [7, 11) is 0. The van der Waals surface area contributed by atoms with Crippen LogP contribution in [0, 0.1) is 0 Å². The summed E-state index contributed by atoms with van der Waals surface area (Å²) in [6.45, 7) is 3.84. The quantitative estimate of drug-likeness (QED) is 0.361. The number of esters is 1.